The molecular formula is C23H19N3O4S. The molecule has 0 atom stereocenters. The molecule has 0 aliphatic carbocycles. The van der Waals surface area contributed by atoms with Gasteiger partial charge in [-0.25, -0.2) is 13.1 Å². The van der Waals surface area contributed by atoms with Crippen molar-refractivity contribution in [2.45, 2.75) is 11.5 Å². The second-order valence-electron chi connectivity index (χ2n) is 7.40. The van der Waals surface area contributed by atoms with Gasteiger partial charge in [0, 0.05) is 5.56 Å². The third-order valence-electron chi connectivity index (χ3n) is 5.14. The first-order chi connectivity index (χ1) is 15.0. The molecule has 1 aliphatic rings. The van der Waals surface area contributed by atoms with Gasteiger partial charge in [-0.15, -0.1) is 0 Å². The molecule has 1 aromatic heterocycles. The van der Waals surface area contributed by atoms with E-state index in [0.29, 0.717) is 22.8 Å². The van der Waals surface area contributed by atoms with Crippen molar-refractivity contribution >= 4 is 32.3 Å². The first-order valence-corrected chi connectivity index (χ1v) is 11.6. The summed E-state index contributed by atoms with van der Waals surface area (Å²) in [6, 6.07) is 22.8. The minimum absolute atomic E-state index is 0.126. The molecule has 0 unspecified atom stereocenters. The largest absolute Gasteiger partial charge is 0.484 e. The SMILES string of the molecule is O=C(COc1ccc2ccccc2c1)Nc1c2c(nn1-c1ccccc1)CS(=O)(=O)C2. The molecule has 1 aliphatic heterocycles. The summed E-state index contributed by atoms with van der Waals surface area (Å²) >= 11 is 0. The van der Waals surface area contributed by atoms with Crippen LogP contribution in [0.15, 0.2) is 72.8 Å². The van der Waals surface area contributed by atoms with Gasteiger partial charge in [-0.1, -0.05) is 48.5 Å². The number of benzene rings is 3. The Bertz CT molecular complexity index is 1400. The van der Waals surface area contributed by atoms with Gasteiger partial charge in [0.25, 0.3) is 5.91 Å². The van der Waals surface area contributed by atoms with E-state index in [0.717, 1.165) is 16.5 Å². The maximum absolute atomic E-state index is 12.7. The number of carbonyl (C=O) groups excluding carboxylic acids is 1. The molecule has 1 amide bonds. The maximum Gasteiger partial charge on any atom is 0.263 e. The third-order valence-corrected chi connectivity index (χ3v) is 6.58. The Morgan fingerprint density at radius 3 is 2.52 bits per heavy atom. The number of fused-ring (bicyclic) bond motifs is 2. The third kappa shape index (κ3) is 3.89. The minimum Gasteiger partial charge on any atom is -0.484 e. The fourth-order valence-corrected chi connectivity index (χ4v) is 5.19. The van der Waals surface area contributed by atoms with Crippen LogP contribution >= 0.6 is 0 Å². The second kappa shape index (κ2) is 7.55. The van der Waals surface area contributed by atoms with E-state index < -0.39 is 15.7 Å². The summed E-state index contributed by atoms with van der Waals surface area (Å²) in [7, 11) is -3.25. The molecule has 0 bridgehead atoms. The molecule has 0 saturated heterocycles. The summed E-state index contributed by atoms with van der Waals surface area (Å²) in [4.78, 5) is 12.7. The smallest absolute Gasteiger partial charge is 0.263 e. The molecule has 0 spiro atoms. The van der Waals surface area contributed by atoms with Gasteiger partial charge in [0.05, 0.1) is 22.9 Å². The van der Waals surface area contributed by atoms with Crippen molar-refractivity contribution in [2.75, 3.05) is 11.9 Å². The Balaban J connectivity index is 1.38. The van der Waals surface area contributed by atoms with Crippen molar-refractivity contribution in [1.29, 1.82) is 0 Å². The molecule has 0 fully saturated rings. The number of anilines is 1. The molecule has 5 rings (SSSR count). The van der Waals surface area contributed by atoms with E-state index in [4.69, 9.17) is 4.74 Å². The summed E-state index contributed by atoms with van der Waals surface area (Å²) in [5, 5.41) is 9.36. The van der Waals surface area contributed by atoms with Crippen LogP contribution in [0.4, 0.5) is 5.82 Å². The highest BCUT2D eigenvalue weighted by molar-refractivity contribution is 7.90. The molecule has 1 N–H and O–H groups in total. The monoisotopic (exact) mass is 433 g/mol. The quantitative estimate of drug-likeness (QED) is 0.521. The van der Waals surface area contributed by atoms with E-state index in [9.17, 15) is 13.2 Å². The lowest BCUT2D eigenvalue weighted by atomic mass is 10.1. The number of sulfone groups is 1. The zero-order valence-corrected chi connectivity index (χ0v) is 17.3. The van der Waals surface area contributed by atoms with Crippen LogP contribution in [-0.2, 0) is 26.1 Å². The average Bonchev–Trinajstić information content (AvgIpc) is 3.25. The van der Waals surface area contributed by atoms with Crippen LogP contribution in [-0.4, -0.2) is 30.7 Å². The lowest BCUT2D eigenvalue weighted by Crippen LogP contribution is -2.22. The Morgan fingerprint density at radius 1 is 0.968 bits per heavy atom. The van der Waals surface area contributed by atoms with Gasteiger partial charge in [-0.3, -0.25) is 4.79 Å². The molecule has 31 heavy (non-hydrogen) atoms. The highest BCUT2D eigenvalue weighted by Gasteiger charge is 2.33. The van der Waals surface area contributed by atoms with E-state index in [-0.39, 0.29) is 18.1 Å². The number of nitrogens with zero attached hydrogens (tertiary/aromatic N) is 2. The van der Waals surface area contributed by atoms with E-state index in [1.54, 1.807) is 4.68 Å². The van der Waals surface area contributed by atoms with Crippen LogP contribution in [0, 0.1) is 0 Å². The summed E-state index contributed by atoms with van der Waals surface area (Å²) in [6.07, 6.45) is 0. The fourth-order valence-electron chi connectivity index (χ4n) is 3.70. The van der Waals surface area contributed by atoms with Crippen LogP contribution in [0.5, 0.6) is 5.75 Å². The highest BCUT2D eigenvalue weighted by atomic mass is 32.2. The number of ether oxygens (including phenoxy) is 1. The number of aromatic nitrogens is 2. The van der Waals surface area contributed by atoms with Crippen molar-refractivity contribution < 1.29 is 17.9 Å². The molecule has 3 aromatic carbocycles. The Hall–Kier alpha value is -3.65. The van der Waals surface area contributed by atoms with Crippen LogP contribution in [0.3, 0.4) is 0 Å². The van der Waals surface area contributed by atoms with Crippen LogP contribution in [0.25, 0.3) is 16.5 Å². The molecule has 0 saturated carbocycles. The molecule has 0 radical (unpaired) electrons. The van der Waals surface area contributed by atoms with E-state index in [1.165, 1.54) is 0 Å². The summed E-state index contributed by atoms with van der Waals surface area (Å²) in [5.74, 6) is 0.291. The van der Waals surface area contributed by atoms with Crippen molar-refractivity contribution in [2.24, 2.45) is 0 Å². The Labute approximate surface area is 179 Å². The summed E-state index contributed by atoms with van der Waals surface area (Å²) in [5.41, 5.74) is 1.73. The predicted molar refractivity (Wildman–Crippen MR) is 118 cm³/mol. The number of amides is 1. The predicted octanol–water partition coefficient (Wildman–Crippen LogP) is 3.47. The minimum atomic E-state index is -3.25. The number of hydrogen-bond acceptors (Lipinski definition) is 5. The lowest BCUT2D eigenvalue weighted by Gasteiger charge is -2.12. The number of hydrogen-bond donors (Lipinski definition) is 1. The van der Waals surface area contributed by atoms with E-state index >= 15 is 0 Å². The molecule has 4 aromatic rings. The number of nitrogens with one attached hydrogen (secondary N) is 1. The van der Waals surface area contributed by atoms with Gasteiger partial charge in [-0.2, -0.15) is 5.10 Å². The zero-order valence-electron chi connectivity index (χ0n) is 16.5. The topological polar surface area (TPSA) is 90.3 Å². The van der Waals surface area contributed by atoms with Crippen LogP contribution < -0.4 is 10.1 Å². The number of para-hydroxylation sites is 1. The second-order valence-corrected chi connectivity index (χ2v) is 9.46. The van der Waals surface area contributed by atoms with Crippen molar-refractivity contribution in [3.05, 3.63) is 84.1 Å². The van der Waals surface area contributed by atoms with Crippen molar-refractivity contribution in [3.63, 3.8) is 0 Å². The van der Waals surface area contributed by atoms with Gasteiger partial charge in [0.2, 0.25) is 0 Å². The van der Waals surface area contributed by atoms with Gasteiger partial charge >= 0.3 is 0 Å². The summed E-state index contributed by atoms with van der Waals surface area (Å²) in [6.45, 7) is -0.208. The Kier molecular flexibility index (Phi) is 4.71. The summed E-state index contributed by atoms with van der Waals surface area (Å²) < 4.78 is 31.4. The number of rotatable bonds is 5. The van der Waals surface area contributed by atoms with Gasteiger partial charge in [0.15, 0.2) is 16.4 Å². The molecule has 2 heterocycles. The zero-order chi connectivity index (χ0) is 21.4. The average molecular weight is 433 g/mol. The fraction of sp³-hybridized carbons (Fsp3) is 0.130. The van der Waals surface area contributed by atoms with Crippen molar-refractivity contribution in [3.8, 4) is 11.4 Å². The van der Waals surface area contributed by atoms with Gasteiger partial charge in [-0.05, 0) is 35.0 Å². The number of carbonyl (C=O) groups is 1. The van der Waals surface area contributed by atoms with Crippen molar-refractivity contribution in [1.82, 2.24) is 9.78 Å². The van der Waals surface area contributed by atoms with E-state index in [1.807, 2.05) is 72.8 Å². The lowest BCUT2D eigenvalue weighted by molar-refractivity contribution is -0.118. The van der Waals surface area contributed by atoms with Gasteiger partial charge in [0.1, 0.15) is 11.6 Å². The van der Waals surface area contributed by atoms with Gasteiger partial charge < -0.3 is 10.1 Å². The molecular weight excluding hydrogens is 414 g/mol. The van der Waals surface area contributed by atoms with Crippen LogP contribution in [0.1, 0.15) is 11.3 Å². The first-order valence-electron chi connectivity index (χ1n) is 9.77. The molecule has 8 heteroatoms. The normalized spacial score (nSPS) is 14.3. The van der Waals surface area contributed by atoms with E-state index in [2.05, 4.69) is 10.4 Å². The standard InChI is InChI=1S/C23H19N3O4S/c27-22(13-30-19-11-10-16-6-4-5-7-17(16)12-19)24-23-20-14-31(28,29)15-21(20)25-26(23)18-8-2-1-3-9-18/h1-12H,13-15H2,(H,24,27). The maximum atomic E-state index is 12.7. The Morgan fingerprint density at radius 2 is 1.71 bits per heavy atom. The first kappa shape index (κ1) is 19.3. The molecule has 7 nitrogen and oxygen atoms in total. The van der Waals surface area contributed by atoms with Crippen LogP contribution in [0.2, 0.25) is 0 Å². The highest BCUT2D eigenvalue weighted by Crippen LogP contribution is 2.33. The molecule has 156 valence electrons.